The van der Waals surface area contributed by atoms with Gasteiger partial charge in [0.2, 0.25) is 5.91 Å². The normalized spacial score (nSPS) is 14.2. The SMILES string of the molecule is C=CC(=O)N1CC(NC(=O)c2cnc(CNc3cc(C(C)(C)C)c(Cl)cc3O)n2C)C1. The fourth-order valence-electron chi connectivity index (χ4n) is 3.41. The molecule has 1 aromatic carbocycles. The summed E-state index contributed by atoms with van der Waals surface area (Å²) >= 11 is 6.28. The molecule has 0 spiro atoms. The van der Waals surface area contributed by atoms with Crippen molar-refractivity contribution >= 4 is 29.1 Å². The molecule has 0 unspecified atom stereocenters. The van der Waals surface area contributed by atoms with E-state index in [0.29, 0.717) is 41.9 Å². The van der Waals surface area contributed by atoms with Crippen LogP contribution in [0.5, 0.6) is 5.75 Å². The second kappa shape index (κ2) is 8.63. The third-order valence-corrected chi connectivity index (χ3v) is 5.66. The van der Waals surface area contributed by atoms with Gasteiger partial charge in [-0.3, -0.25) is 9.59 Å². The molecule has 2 aromatic rings. The van der Waals surface area contributed by atoms with Crippen molar-refractivity contribution < 1.29 is 14.7 Å². The Hall–Kier alpha value is -3.00. The second-order valence-corrected chi connectivity index (χ2v) is 9.10. The van der Waals surface area contributed by atoms with Crippen LogP contribution in [0.15, 0.2) is 31.0 Å². The van der Waals surface area contributed by atoms with E-state index < -0.39 is 0 Å². The maximum absolute atomic E-state index is 12.6. The number of amides is 2. The third kappa shape index (κ3) is 4.85. The fraction of sp³-hybridized carbons (Fsp3) is 0.409. The van der Waals surface area contributed by atoms with Gasteiger partial charge in [-0.05, 0) is 23.1 Å². The van der Waals surface area contributed by atoms with Crippen LogP contribution in [0.25, 0.3) is 0 Å². The van der Waals surface area contributed by atoms with E-state index in [2.05, 4.69) is 22.2 Å². The van der Waals surface area contributed by atoms with E-state index in [0.717, 1.165) is 5.56 Å². The summed E-state index contributed by atoms with van der Waals surface area (Å²) in [6.45, 7) is 10.9. The molecule has 2 heterocycles. The Labute approximate surface area is 186 Å². The van der Waals surface area contributed by atoms with Crippen LogP contribution in [0.4, 0.5) is 5.69 Å². The van der Waals surface area contributed by atoms with Crippen LogP contribution in [0, 0.1) is 0 Å². The molecule has 0 saturated carbocycles. The first-order valence-electron chi connectivity index (χ1n) is 10.0. The van der Waals surface area contributed by atoms with E-state index in [4.69, 9.17) is 11.6 Å². The molecule has 166 valence electrons. The van der Waals surface area contributed by atoms with Crippen LogP contribution in [-0.4, -0.2) is 50.5 Å². The number of carbonyl (C=O) groups excluding carboxylic acids is 2. The van der Waals surface area contributed by atoms with Crippen molar-refractivity contribution in [2.45, 2.75) is 38.8 Å². The number of hydrogen-bond donors (Lipinski definition) is 3. The van der Waals surface area contributed by atoms with Crippen molar-refractivity contribution in [3.8, 4) is 5.75 Å². The largest absolute Gasteiger partial charge is 0.506 e. The van der Waals surface area contributed by atoms with Gasteiger partial charge in [0.25, 0.3) is 5.91 Å². The Morgan fingerprint density at radius 1 is 1.35 bits per heavy atom. The first kappa shape index (κ1) is 22.7. The summed E-state index contributed by atoms with van der Waals surface area (Å²) < 4.78 is 1.70. The highest BCUT2D eigenvalue weighted by atomic mass is 35.5. The average Bonchev–Trinajstić information content (AvgIpc) is 3.02. The number of carbonyl (C=O) groups is 2. The van der Waals surface area contributed by atoms with Gasteiger partial charge in [-0.25, -0.2) is 4.98 Å². The minimum Gasteiger partial charge on any atom is -0.506 e. The Morgan fingerprint density at radius 2 is 2.03 bits per heavy atom. The number of nitrogens with zero attached hydrogens (tertiary/aromatic N) is 3. The zero-order valence-electron chi connectivity index (χ0n) is 18.2. The highest BCUT2D eigenvalue weighted by Crippen LogP contribution is 2.37. The number of imidazole rings is 1. The number of hydrogen-bond acceptors (Lipinski definition) is 5. The lowest BCUT2D eigenvalue weighted by Crippen LogP contribution is -2.60. The van der Waals surface area contributed by atoms with E-state index in [1.54, 1.807) is 16.5 Å². The number of likely N-dealkylation sites (tertiary alicyclic amines) is 1. The monoisotopic (exact) mass is 445 g/mol. The molecule has 1 saturated heterocycles. The standard InChI is InChI=1S/C22H28ClN5O3/c1-6-20(30)28-11-13(12-28)26-21(31)17-9-25-19(27(17)5)10-24-16-7-14(22(2,3)4)15(23)8-18(16)29/h6-9,13,24,29H,1,10-12H2,2-5H3,(H,26,31). The highest BCUT2D eigenvalue weighted by molar-refractivity contribution is 6.31. The van der Waals surface area contributed by atoms with Crippen LogP contribution in [0.2, 0.25) is 5.02 Å². The Balaban J connectivity index is 1.64. The number of nitrogens with one attached hydrogen (secondary N) is 2. The maximum atomic E-state index is 12.6. The number of anilines is 1. The second-order valence-electron chi connectivity index (χ2n) is 8.69. The molecule has 0 radical (unpaired) electrons. The van der Waals surface area contributed by atoms with Crippen LogP contribution in [0.1, 0.15) is 42.6 Å². The summed E-state index contributed by atoms with van der Waals surface area (Å²) in [6.07, 6.45) is 2.78. The van der Waals surface area contributed by atoms with E-state index in [1.807, 2.05) is 26.8 Å². The van der Waals surface area contributed by atoms with Gasteiger partial charge in [0.05, 0.1) is 24.5 Å². The van der Waals surface area contributed by atoms with Crippen LogP contribution in [0.3, 0.4) is 0 Å². The number of benzene rings is 1. The molecular weight excluding hydrogens is 418 g/mol. The first-order valence-corrected chi connectivity index (χ1v) is 10.4. The number of phenols is 1. The lowest BCUT2D eigenvalue weighted by Gasteiger charge is -2.38. The van der Waals surface area contributed by atoms with E-state index in [9.17, 15) is 14.7 Å². The molecule has 9 heteroatoms. The number of rotatable bonds is 6. The van der Waals surface area contributed by atoms with Crippen molar-refractivity contribution in [1.82, 2.24) is 19.8 Å². The van der Waals surface area contributed by atoms with E-state index in [-0.39, 0.29) is 29.0 Å². The number of halogens is 1. The molecule has 1 aliphatic heterocycles. The molecule has 8 nitrogen and oxygen atoms in total. The molecule has 31 heavy (non-hydrogen) atoms. The van der Waals surface area contributed by atoms with Crippen molar-refractivity contribution in [1.29, 1.82) is 0 Å². The molecule has 1 aromatic heterocycles. The van der Waals surface area contributed by atoms with Gasteiger partial charge >= 0.3 is 0 Å². The lowest BCUT2D eigenvalue weighted by molar-refractivity contribution is -0.130. The van der Waals surface area contributed by atoms with Gasteiger partial charge in [-0.2, -0.15) is 0 Å². The van der Waals surface area contributed by atoms with Gasteiger partial charge < -0.3 is 25.2 Å². The predicted molar refractivity (Wildman–Crippen MR) is 120 cm³/mol. The molecule has 1 aliphatic rings. The molecule has 3 rings (SSSR count). The Morgan fingerprint density at radius 3 is 2.65 bits per heavy atom. The van der Waals surface area contributed by atoms with Gasteiger partial charge in [0.1, 0.15) is 17.3 Å². The topological polar surface area (TPSA) is 99.5 Å². The molecule has 0 bridgehead atoms. The predicted octanol–water partition coefficient (Wildman–Crippen LogP) is 2.82. The van der Waals surface area contributed by atoms with Crippen LogP contribution in [-0.2, 0) is 23.8 Å². The number of aromatic hydroxyl groups is 1. The minimum atomic E-state index is -0.249. The summed E-state index contributed by atoms with van der Waals surface area (Å²) in [5.74, 6) is 0.295. The van der Waals surface area contributed by atoms with Crippen molar-refractivity contribution in [3.05, 3.63) is 53.1 Å². The van der Waals surface area contributed by atoms with Crippen LogP contribution < -0.4 is 10.6 Å². The minimum absolute atomic E-state index is 0.0498. The summed E-state index contributed by atoms with van der Waals surface area (Å²) in [5.41, 5.74) is 1.70. The molecular formula is C22H28ClN5O3. The Kier molecular flexibility index (Phi) is 6.31. The number of phenolic OH excluding ortho intramolecular Hbond substituents is 1. The maximum Gasteiger partial charge on any atom is 0.269 e. The van der Waals surface area contributed by atoms with Crippen molar-refractivity contribution in [3.63, 3.8) is 0 Å². The summed E-state index contributed by atoms with van der Waals surface area (Å²) in [4.78, 5) is 30.0. The molecule has 0 aliphatic carbocycles. The van der Waals surface area contributed by atoms with Gasteiger partial charge in [0, 0.05) is 31.2 Å². The zero-order chi connectivity index (χ0) is 22.9. The van der Waals surface area contributed by atoms with Gasteiger partial charge in [-0.1, -0.05) is 39.0 Å². The fourth-order valence-corrected chi connectivity index (χ4v) is 3.86. The molecule has 1 fully saturated rings. The first-order chi connectivity index (χ1) is 14.5. The van der Waals surface area contributed by atoms with Crippen molar-refractivity contribution in [2.24, 2.45) is 7.05 Å². The van der Waals surface area contributed by atoms with Gasteiger partial charge in [0.15, 0.2) is 0 Å². The van der Waals surface area contributed by atoms with Crippen LogP contribution >= 0.6 is 11.6 Å². The third-order valence-electron chi connectivity index (χ3n) is 5.35. The molecule has 0 atom stereocenters. The van der Waals surface area contributed by atoms with Crippen molar-refractivity contribution in [2.75, 3.05) is 18.4 Å². The molecule has 3 N–H and O–H groups in total. The summed E-state index contributed by atoms with van der Waals surface area (Å²) in [5, 5.41) is 16.8. The lowest BCUT2D eigenvalue weighted by atomic mass is 9.86. The smallest absolute Gasteiger partial charge is 0.269 e. The quantitative estimate of drug-likeness (QED) is 0.469. The molecule has 2 amide bonds. The Bertz CT molecular complexity index is 1020. The highest BCUT2D eigenvalue weighted by Gasteiger charge is 2.31. The summed E-state index contributed by atoms with van der Waals surface area (Å²) in [7, 11) is 1.76. The average molecular weight is 446 g/mol. The summed E-state index contributed by atoms with van der Waals surface area (Å²) in [6, 6.07) is 3.27. The van der Waals surface area contributed by atoms with E-state index >= 15 is 0 Å². The zero-order valence-corrected chi connectivity index (χ0v) is 19.0. The van der Waals surface area contributed by atoms with Gasteiger partial charge in [-0.15, -0.1) is 0 Å². The number of aromatic nitrogens is 2. The van der Waals surface area contributed by atoms with E-state index in [1.165, 1.54) is 18.3 Å².